The van der Waals surface area contributed by atoms with Gasteiger partial charge in [-0.3, -0.25) is 13.9 Å². The third kappa shape index (κ3) is 7.70. The van der Waals surface area contributed by atoms with E-state index < -0.39 is 34.3 Å². The van der Waals surface area contributed by atoms with Crippen LogP contribution >= 0.6 is 11.6 Å². The van der Waals surface area contributed by atoms with Crippen LogP contribution in [0.2, 0.25) is 5.02 Å². The van der Waals surface area contributed by atoms with Crippen LogP contribution < -0.4 is 9.62 Å². The first-order chi connectivity index (χ1) is 15.9. The quantitative estimate of drug-likeness (QED) is 0.499. The van der Waals surface area contributed by atoms with Crippen LogP contribution in [0, 0.1) is 5.82 Å². The Balaban J connectivity index is 2.38. The third-order valence-corrected chi connectivity index (χ3v) is 6.60. The number of hydrogen-bond donors (Lipinski definition) is 1. The third-order valence-electron chi connectivity index (χ3n) is 5.17. The van der Waals surface area contributed by atoms with Gasteiger partial charge in [0.2, 0.25) is 21.8 Å². The Kier molecular flexibility index (Phi) is 9.88. The Morgan fingerprint density at radius 2 is 1.76 bits per heavy atom. The summed E-state index contributed by atoms with van der Waals surface area (Å²) in [5.74, 6) is -1.56. The first-order valence-corrected chi connectivity index (χ1v) is 13.2. The highest BCUT2D eigenvalue weighted by molar-refractivity contribution is 7.92. The molecule has 0 aliphatic heterocycles. The van der Waals surface area contributed by atoms with Gasteiger partial charge in [-0.15, -0.1) is 0 Å². The number of rotatable bonds is 11. The lowest BCUT2D eigenvalue weighted by Crippen LogP contribution is -2.54. The summed E-state index contributed by atoms with van der Waals surface area (Å²) < 4.78 is 39.5. The summed E-state index contributed by atoms with van der Waals surface area (Å²) in [5.41, 5.74) is 1.04. The number of amides is 2. The average molecular weight is 512 g/mol. The zero-order valence-electron chi connectivity index (χ0n) is 19.8. The Labute approximate surface area is 205 Å². The van der Waals surface area contributed by atoms with Gasteiger partial charge in [-0.05, 0) is 50.5 Å². The highest BCUT2D eigenvalue weighted by Gasteiger charge is 2.31. The van der Waals surface area contributed by atoms with Crippen molar-refractivity contribution in [2.24, 2.45) is 0 Å². The molecule has 1 atom stereocenters. The SMILES string of the molecule is CC[C@H](C(=O)NC(C)C)N(CCc1ccccc1)C(=O)CN(c1ccc(F)c(Cl)c1)S(C)(=O)=O. The van der Waals surface area contributed by atoms with Crippen LogP contribution in [-0.2, 0) is 26.0 Å². The molecule has 0 fully saturated rings. The van der Waals surface area contributed by atoms with E-state index in [0.29, 0.717) is 12.8 Å². The molecule has 0 saturated heterocycles. The standard InChI is InChI=1S/C24H31ClFN3O4S/c1-5-22(24(31)27-17(2)3)28(14-13-18-9-7-6-8-10-18)23(30)16-29(34(4,32)33)19-11-12-21(26)20(25)15-19/h6-12,15,17,22H,5,13-14,16H2,1-4H3,(H,27,31)/t22-/m1/s1. The number of sulfonamides is 1. The summed E-state index contributed by atoms with van der Waals surface area (Å²) in [6, 6.07) is 12.0. The molecule has 0 aromatic heterocycles. The Bertz CT molecular complexity index is 1100. The molecule has 0 heterocycles. The van der Waals surface area contributed by atoms with E-state index in [1.807, 2.05) is 44.2 Å². The van der Waals surface area contributed by atoms with E-state index >= 15 is 0 Å². The van der Waals surface area contributed by atoms with E-state index in [1.165, 1.54) is 11.0 Å². The summed E-state index contributed by atoms with van der Waals surface area (Å²) >= 11 is 5.84. The minimum atomic E-state index is -3.91. The summed E-state index contributed by atoms with van der Waals surface area (Å²) in [7, 11) is -3.91. The van der Waals surface area contributed by atoms with Crippen LogP contribution in [-0.4, -0.2) is 56.6 Å². The first kappa shape index (κ1) is 27.6. The predicted octanol–water partition coefficient (Wildman–Crippen LogP) is 3.62. The van der Waals surface area contributed by atoms with Crippen molar-refractivity contribution in [3.63, 3.8) is 0 Å². The van der Waals surface area contributed by atoms with Gasteiger partial charge in [0, 0.05) is 12.6 Å². The lowest BCUT2D eigenvalue weighted by molar-refractivity contribution is -0.139. The molecule has 0 bridgehead atoms. The van der Waals surface area contributed by atoms with Crippen LogP contribution in [0.4, 0.5) is 10.1 Å². The van der Waals surface area contributed by atoms with Gasteiger partial charge in [0.25, 0.3) is 0 Å². The molecule has 10 heteroatoms. The summed E-state index contributed by atoms with van der Waals surface area (Å²) in [6.07, 6.45) is 1.79. The normalized spacial score (nSPS) is 12.3. The number of carbonyl (C=O) groups is 2. The molecule has 0 unspecified atom stereocenters. The smallest absolute Gasteiger partial charge is 0.244 e. The molecule has 2 amide bonds. The molecule has 2 rings (SSSR count). The van der Waals surface area contributed by atoms with E-state index in [0.717, 1.165) is 28.3 Å². The molecule has 2 aromatic rings. The van der Waals surface area contributed by atoms with Crippen molar-refractivity contribution in [1.82, 2.24) is 10.2 Å². The summed E-state index contributed by atoms with van der Waals surface area (Å²) in [4.78, 5) is 27.8. The monoisotopic (exact) mass is 511 g/mol. The van der Waals surface area contributed by atoms with Crippen molar-refractivity contribution >= 4 is 39.1 Å². The van der Waals surface area contributed by atoms with Crippen molar-refractivity contribution < 1.29 is 22.4 Å². The maximum Gasteiger partial charge on any atom is 0.244 e. The van der Waals surface area contributed by atoms with Crippen molar-refractivity contribution in [2.75, 3.05) is 23.7 Å². The maximum atomic E-state index is 13.6. The van der Waals surface area contributed by atoms with Crippen molar-refractivity contribution in [3.8, 4) is 0 Å². The van der Waals surface area contributed by atoms with E-state index in [4.69, 9.17) is 11.6 Å². The number of anilines is 1. The van der Waals surface area contributed by atoms with Crippen molar-refractivity contribution in [1.29, 1.82) is 0 Å². The molecule has 7 nitrogen and oxygen atoms in total. The molecule has 2 aromatic carbocycles. The second-order valence-corrected chi connectivity index (χ2v) is 10.6. The minimum absolute atomic E-state index is 0.0601. The average Bonchev–Trinajstić information content (AvgIpc) is 2.76. The van der Waals surface area contributed by atoms with Crippen LogP contribution in [0.25, 0.3) is 0 Å². The molecule has 0 aliphatic carbocycles. The predicted molar refractivity (Wildman–Crippen MR) is 133 cm³/mol. The Morgan fingerprint density at radius 3 is 2.29 bits per heavy atom. The lowest BCUT2D eigenvalue weighted by Gasteiger charge is -2.33. The van der Waals surface area contributed by atoms with Crippen molar-refractivity contribution in [2.45, 2.75) is 45.7 Å². The second kappa shape index (κ2) is 12.2. The molecule has 0 spiro atoms. The Hall–Kier alpha value is -2.65. The molecule has 0 radical (unpaired) electrons. The minimum Gasteiger partial charge on any atom is -0.352 e. The van der Waals surface area contributed by atoms with Gasteiger partial charge in [0.1, 0.15) is 18.4 Å². The van der Waals surface area contributed by atoms with Crippen LogP contribution in [0.1, 0.15) is 32.8 Å². The largest absolute Gasteiger partial charge is 0.352 e. The molecule has 1 N–H and O–H groups in total. The molecular formula is C24H31ClFN3O4S. The zero-order valence-corrected chi connectivity index (χ0v) is 21.4. The van der Waals surface area contributed by atoms with Gasteiger partial charge in [-0.2, -0.15) is 0 Å². The van der Waals surface area contributed by atoms with Gasteiger partial charge in [0.15, 0.2) is 0 Å². The van der Waals surface area contributed by atoms with E-state index in [2.05, 4.69) is 5.32 Å². The molecule has 0 saturated carbocycles. The van der Waals surface area contributed by atoms with Crippen LogP contribution in [0.3, 0.4) is 0 Å². The van der Waals surface area contributed by atoms with Gasteiger partial charge in [-0.25, -0.2) is 12.8 Å². The van der Waals surface area contributed by atoms with Gasteiger partial charge >= 0.3 is 0 Å². The van der Waals surface area contributed by atoms with E-state index in [-0.39, 0.29) is 29.2 Å². The number of benzene rings is 2. The fraction of sp³-hybridized carbons (Fsp3) is 0.417. The number of nitrogens with one attached hydrogen (secondary N) is 1. The number of halogens is 2. The lowest BCUT2D eigenvalue weighted by atomic mass is 10.1. The van der Waals surface area contributed by atoms with Crippen LogP contribution in [0.15, 0.2) is 48.5 Å². The highest BCUT2D eigenvalue weighted by atomic mass is 35.5. The topological polar surface area (TPSA) is 86.8 Å². The van der Waals surface area contributed by atoms with Crippen molar-refractivity contribution in [3.05, 3.63) is 64.9 Å². The van der Waals surface area contributed by atoms with Gasteiger partial charge in [-0.1, -0.05) is 48.9 Å². The maximum absolute atomic E-state index is 13.6. The Morgan fingerprint density at radius 1 is 1.12 bits per heavy atom. The van der Waals surface area contributed by atoms with Gasteiger partial charge in [0.05, 0.1) is 17.0 Å². The summed E-state index contributed by atoms with van der Waals surface area (Å²) in [5, 5.41) is 2.57. The fourth-order valence-electron chi connectivity index (χ4n) is 3.53. The molecular weight excluding hydrogens is 481 g/mol. The molecule has 186 valence electrons. The number of nitrogens with zero attached hydrogens (tertiary/aromatic N) is 2. The number of hydrogen-bond acceptors (Lipinski definition) is 4. The summed E-state index contributed by atoms with van der Waals surface area (Å²) in [6.45, 7) is 5.10. The van der Waals surface area contributed by atoms with Crippen LogP contribution in [0.5, 0.6) is 0 Å². The van der Waals surface area contributed by atoms with E-state index in [9.17, 15) is 22.4 Å². The molecule has 0 aliphatic rings. The zero-order chi connectivity index (χ0) is 25.5. The number of carbonyl (C=O) groups excluding carboxylic acids is 2. The highest BCUT2D eigenvalue weighted by Crippen LogP contribution is 2.25. The van der Waals surface area contributed by atoms with E-state index in [1.54, 1.807) is 6.92 Å². The fourth-order valence-corrected chi connectivity index (χ4v) is 4.55. The molecule has 34 heavy (non-hydrogen) atoms. The first-order valence-electron chi connectivity index (χ1n) is 11.0. The van der Waals surface area contributed by atoms with Gasteiger partial charge < -0.3 is 10.2 Å². The second-order valence-electron chi connectivity index (χ2n) is 8.28.